The van der Waals surface area contributed by atoms with E-state index in [4.69, 9.17) is 10.5 Å². The molecule has 9 nitrogen and oxygen atoms in total. The number of aromatic nitrogens is 3. The molecule has 10 heteroatoms. The first-order valence-corrected chi connectivity index (χ1v) is 11.8. The van der Waals surface area contributed by atoms with Crippen LogP contribution in [0.15, 0.2) is 31.0 Å². The monoisotopic (exact) mass is 504 g/mol. The number of likely N-dealkylation sites (tertiary alicyclic amines) is 1. The maximum atomic E-state index is 14.9. The summed E-state index contributed by atoms with van der Waals surface area (Å²) in [5, 5.41) is 8.27. The zero-order valence-corrected chi connectivity index (χ0v) is 21.3. The van der Waals surface area contributed by atoms with E-state index in [1.54, 1.807) is 36.0 Å². The average Bonchev–Trinajstić information content (AvgIpc) is 3.46. The summed E-state index contributed by atoms with van der Waals surface area (Å²) in [6, 6.07) is 2.54. The van der Waals surface area contributed by atoms with E-state index in [2.05, 4.69) is 33.8 Å². The lowest BCUT2D eigenvalue weighted by Gasteiger charge is -2.22. The Bertz CT molecular complexity index is 1470. The minimum atomic E-state index is -0.725. The lowest BCUT2D eigenvalue weighted by Crippen LogP contribution is -2.37. The van der Waals surface area contributed by atoms with Crippen LogP contribution in [0.5, 0.6) is 0 Å². The lowest BCUT2D eigenvalue weighted by molar-refractivity contribution is -0.127. The normalized spacial score (nSPS) is 16.9. The molecule has 0 aliphatic carbocycles. The summed E-state index contributed by atoms with van der Waals surface area (Å²) in [6.45, 7) is 8.10. The number of rotatable bonds is 6. The number of pyridine rings is 1. The number of carbonyl (C=O) groups excluding carboxylic acids is 2. The Labute approximate surface area is 214 Å². The number of nitrogens with zero attached hydrogens (tertiary/aromatic N) is 4. The average molecular weight is 505 g/mol. The maximum Gasteiger partial charge on any atom is 0.255 e. The molecule has 1 aromatic carbocycles. The third-order valence-electron chi connectivity index (χ3n) is 6.74. The summed E-state index contributed by atoms with van der Waals surface area (Å²) >= 11 is 0. The van der Waals surface area contributed by atoms with Gasteiger partial charge in [0.2, 0.25) is 5.91 Å². The van der Waals surface area contributed by atoms with Gasteiger partial charge in [-0.2, -0.15) is 5.10 Å². The van der Waals surface area contributed by atoms with E-state index >= 15 is 0 Å². The quantitative estimate of drug-likeness (QED) is 0.394. The predicted octanol–water partition coefficient (Wildman–Crippen LogP) is 2.70. The highest BCUT2D eigenvalue weighted by Crippen LogP contribution is 2.32. The smallest absolute Gasteiger partial charge is 0.255 e. The molecule has 2 atom stereocenters. The molecule has 3 N–H and O–H groups in total. The van der Waals surface area contributed by atoms with Gasteiger partial charge in [-0.05, 0) is 55.5 Å². The van der Waals surface area contributed by atoms with E-state index in [-0.39, 0.29) is 34.8 Å². The summed E-state index contributed by atoms with van der Waals surface area (Å²) in [4.78, 5) is 30.9. The van der Waals surface area contributed by atoms with Gasteiger partial charge < -0.3 is 20.7 Å². The Morgan fingerprint density at radius 3 is 2.76 bits per heavy atom. The van der Waals surface area contributed by atoms with Crippen molar-refractivity contribution in [1.82, 2.24) is 19.7 Å². The molecule has 3 aromatic rings. The fourth-order valence-corrected chi connectivity index (χ4v) is 4.73. The molecule has 2 aromatic heterocycles. The van der Waals surface area contributed by atoms with E-state index in [1.807, 2.05) is 13.8 Å². The highest BCUT2D eigenvalue weighted by atomic mass is 19.1. The van der Waals surface area contributed by atoms with E-state index in [9.17, 15) is 14.0 Å². The van der Waals surface area contributed by atoms with E-state index in [1.165, 1.54) is 12.1 Å². The number of nitrogens with one attached hydrogen (secondary N) is 1. The second-order valence-electron chi connectivity index (χ2n) is 8.99. The van der Waals surface area contributed by atoms with Crippen LogP contribution in [0.25, 0.3) is 10.9 Å². The molecule has 0 unspecified atom stereocenters. The molecule has 0 bridgehead atoms. The Kier molecular flexibility index (Phi) is 7.27. The number of nitrogens with two attached hydrogens (primary N) is 1. The van der Waals surface area contributed by atoms with Crippen LogP contribution < -0.4 is 11.1 Å². The topological polar surface area (TPSA) is 115 Å². The summed E-state index contributed by atoms with van der Waals surface area (Å²) in [7, 11) is 3.21. The van der Waals surface area contributed by atoms with Crippen molar-refractivity contribution >= 4 is 28.5 Å². The van der Waals surface area contributed by atoms with Gasteiger partial charge in [0.15, 0.2) is 5.69 Å². The first kappa shape index (κ1) is 25.9. The first-order chi connectivity index (χ1) is 17.7. The summed E-state index contributed by atoms with van der Waals surface area (Å²) < 4.78 is 21.8. The molecule has 1 aliphatic rings. The lowest BCUT2D eigenvalue weighted by atomic mass is 10.0. The van der Waals surface area contributed by atoms with Crippen molar-refractivity contribution in [2.75, 3.05) is 32.6 Å². The number of carbonyl (C=O) groups is 2. The standard InChI is InChI=1S/C27H29FN6O3/c1-6-24(35)33-13-18(10-19(33)14-37-5)34-27(30-4)25(26(29)36)22(32-34)8-7-17-9-23-20(11-21(17)28)16(3)15(2)12-31-23/h6,9,11-12,18-19,30H,1,10,13-14H2,2-5H3,(H2,29,36)/t18-,19+/m0/s1. The van der Waals surface area contributed by atoms with Crippen LogP contribution in [0.1, 0.15) is 45.2 Å². The molecular weight excluding hydrogens is 475 g/mol. The number of halogens is 1. The summed E-state index contributed by atoms with van der Waals surface area (Å²) in [5.74, 6) is 4.56. The molecule has 0 saturated carbocycles. The van der Waals surface area contributed by atoms with Gasteiger partial charge in [-0.25, -0.2) is 9.07 Å². The Morgan fingerprint density at radius 1 is 1.35 bits per heavy atom. The van der Waals surface area contributed by atoms with Gasteiger partial charge in [0.1, 0.15) is 17.2 Å². The zero-order chi connectivity index (χ0) is 26.9. The van der Waals surface area contributed by atoms with Crippen LogP contribution in [0.4, 0.5) is 10.2 Å². The van der Waals surface area contributed by atoms with Crippen LogP contribution >= 0.6 is 0 Å². The third-order valence-corrected chi connectivity index (χ3v) is 6.74. The van der Waals surface area contributed by atoms with Crippen molar-refractivity contribution in [2.24, 2.45) is 5.73 Å². The molecular formula is C27H29FN6O3. The third kappa shape index (κ3) is 4.78. The highest BCUT2D eigenvalue weighted by Gasteiger charge is 2.37. The van der Waals surface area contributed by atoms with E-state index in [0.29, 0.717) is 36.3 Å². The van der Waals surface area contributed by atoms with Crippen molar-refractivity contribution in [3.05, 3.63) is 64.7 Å². The second-order valence-corrected chi connectivity index (χ2v) is 8.99. The number of anilines is 1. The van der Waals surface area contributed by atoms with Crippen molar-refractivity contribution in [1.29, 1.82) is 0 Å². The van der Waals surface area contributed by atoms with Gasteiger partial charge in [0.25, 0.3) is 5.91 Å². The number of ether oxygens (including phenoxy) is 1. The van der Waals surface area contributed by atoms with Gasteiger partial charge in [0.05, 0.1) is 29.8 Å². The van der Waals surface area contributed by atoms with Gasteiger partial charge in [-0.3, -0.25) is 14.6 Å². The fourth-order valence-electron chi connectivity index (χ4n) is 4.73. The summed E-state index contributed by atoms with van der Waals surface area (Å²) in [6.07, 6.45) is 3.53. The van der Waals surface area contributed by atoms with Crippen LogP contribution in [0, 0.1) is 31.5 Å². The van der Waals surface area contributed by atoms with Crippen LogP contribution in [0.3, 0.4) is 0 Å². The number of methoxy groups -OCH3 is 1. The highest BCUT2D eigenvalue weighted by molar-refractivity contribution is 6.00. The first-order valence-electron chi connectivity index (χ1n) is 11.8. The minimum absolute atomic E-state index is 0.0950. The Hall–Kier alpha value is -4.23. The predicted molar refractivity (Wildman–Crippen MR) is 139 cm³/mol. The molecule has 1 fully saturated rings. The van der Waals surface area contributed by atoms with Crippen LogP contribution in [-0.4, -0.2) is 64.8 Å². The minimum Gasteiger partial charge on any atom is -0.383 e. The number of amides is 2. The number of benzene rings is 1. The summed E-state index contributed by atoms with van der Waals surface area (Å²) in [5.41, 5.74) is 8.57. The van der Waals surface area contributed by atoms with Crippen molar-refractivity contribution < 1.29 is 18.7 Å². The van der Waals surface area contributed by atoms with Gasteiger partial charge in [-0.15, -0.1) is 0 Å². The molecule has 4 rings (SSSR count). The Morgan fingerprint density at radius 2 is 2.11 bits per heavy atom. The van der Waals surface area contributed by atoms with Gasteiger partial charge in [0, 0.05) is 32.3 Å². The van der Waals surface area contributed by atoms with E-state index < -0.39 is 11.7 Å². The van der Waals surface area contributed by atoms with Crippen molar-refractivity contribution in [3.8, 4) is 11.8 Å². The molecule has 1 saturated heterocycles. The number of hydrogen-bond donors (Lipinski definition) is 2. The SMILES string of the molecule is C=CC(=O)N1C[C@@H](n2nc(C#Cc3cc4ncc(C)c(C)c4cc3F)c(C(N)=O)c2NC)C[C@@H]1COC. The number of aryl methyl sites for hydroxylation is 2. The maximum absolute atomic E-state index is 14.9. The molecule has 192 valence electrons. The Balaban J connectivity index is 1.77. The number of primary amides is 1. The zero-order valence-electron chi connectivity index (χ0n) is 21.3. The molecule has 0 radical (unpaired) electrons. The molecule has 37 heavy (non-hydrogen) atoms. The molecule has 1 aliphatic heterocycles. The molecule has 0 spiro atoms. The molecule has 3 heterocycles. The number of fused-ring (bicyclic) bond motifs is 1. The molecule has 2 amide bonds. The largest absolute Gasteiger partial charge is 0.383 e. The van der Waals surface area contributed by atoms with Gasteiger partial charge in [-0.1, -0.05) is 12.5 Å². The second kappa shape index (κ2) is 10.4. The number of hydrogen-bond acceptors (Lipinski definition) is 6. The van der Waals surface area contributed by atoms with E-state index in [0.717, 1.165) is 11.1 Å². The van der Waals surface area contributed by atoms with Crippen LogP contribution in [-0.2, 0) is 9.53 Å². The van der Waals surface area contributed by atoms with Crippen LogP contribution in [0.2, 0.25) is 0 Å². The van der Waals surface area contributed by atoms with Gasteiger partial charge >= 0.3 is 0 Å². The van der Waals surface area contributed by atoms with Crippen molar-refractivity contribution in [3.63, 3.8) is 0 Å². The fraction of sp³-hybridized carbons (Fsp3) is 0.333. The van der Waals surface area contributed by atoms with Crippen molar-refractivity contribution in [2.45, 2.75) is 32.4 Å².